The standard InChI is InChI=1S/C9H10N2O3S/c1-6-2-4-10-9-8(6)11-7(12)3-5-15(9,13)14/h2,4H,3,5H2,1H3,(H,11,12). The molecule has 15 heavy (non-hydrogen) atoms. The number of hydrogen-bond acceptors (Lipinski definition) is 4. The van der Waals surface area contributed by atoms with Gasteiger partial charge in [-0.05, 0) is 18.6 Å². The third-order valence-electron chi connectivity index (χ3n) is 2.28. The van der Waals surface area contributed by atoms with Crippen molar-refractivity contribution in [2.24, 2.45) is 0 Å². The van der Waals surface area contributed by atoms with E-state index in [0.717, 1.165) is 0 Å². The van der Waals surface area contributed by atoms with Crippen LogP contribution in [-0.2, 0) is 14.6 Å². The van der Waals surface area contributed by atoms with E-state index in [-0.39, 0.29) is 23.1 Å². The number of amides is 1. The van der Waals surface area contributed by atoms with E-state index in [9.17, 15) is 13.2 Å². The Labute approximate surface area is 87.4 Å². The highest BCUT2D eigenvalue weighted by atomic mass is 32.2. The normalized spacial score (nSPS) is 18.9. The summed E-state index contributed by atoms with van der Waals surface area (Å²) in [6, 6.07) is 1.67. The predicted octanol–water partition coefficient (Wildman–Crippen LogP) is 0.506. The van der Waals surface area contributed by atoms with Crippen molar-refractivity contribution in [2.75, 3.05) is 11.1 Å². The van der Waals surface area contributed by atoms with E-state index in [2.05, 4.69) is 10.3 Å². The van der Waals surface area contributed by atoms with Gasteiger partial charge in [0.15, 0.2) is 14.9 Å². The summed E-state index contributed by atoms with van der Waals surface area (Å²) in [6.07, 6.45) is 1.42. The van der Waals surface area contributed by atoms with Crippen molar-refractivity contribution < 1.29 is 13.2 Å². The molecule has 0 bridgehead atoms. The average molecular weight is 226 g/mol. The van der Waals surface area contributed by atoms with Crippen LogP contribution in [0.4, 0.5) is 5.69 Å². The Balaban J connectivity index is 2.71. The number of nitrogens with zero attached hydrogens (tertiary/aromatic N) is 1. The summed E-state index contributed by atoms with van der Waals surface area (Å²) in [7, 11) is -3.43. The van der Waals surface area contributed by atoms with Crippen molar-refractivity contribution in [1.82, 2.24) is 4.98 Å². The molecular weight excluding hydrogens is 216 g/mol. The third-order valence-corrected chi connectivity index (χ3v) is 3.92. The van der Waals surface area contributed by atoms with Crippen LogP contribution in [0.1, 0.15) is 12.0 Å². The molecule has 0 aliphatic carbocycles. The SMILES string of the molecule is Cc1ccnc2c1NC(=O)CCS2(=O)=O. The van der Waals surface area contributed by atoms with Crippen molar-refractivity contribution in [3.63, 3.8) is 0 Å². The van der Waals surface area contributed by atoms with E-state index >= 15 is 0 Å². The molecular formula is C9H10N2O3S. The quantitative estimate of drug-likeness (QED) is 0.699. The van der Waals surface area contributed by atoms with Crippen LogP contribution in [0.2, 0.25) is 0 Å². The van der Waals surface area contributed by atoms with Gasteiger partial charge in [0.05, 0.1) is 11.4 Å². The van der Waals surface area contributed by atoms with Crippen LogP contribution in [0.5, 0.6) is 0 Å². The number of nitrogens with one attached hydrogen (secondary N) is 1. The van der Waals surface area contributed by atoms with E-state index in [1.807, 2.05) is 0 Å². The van der Waals surface area contributed by atoms with Gasteiger partial charge in [0.1, 0.15) is 0 Å². The molecule has 0 radical (unpaired) electrons. The summed E-state index contributed by atoms with van der Waals surface area (Å²) in [5.41, 5.74) is 1.03. The number of aryl methyl sites for hydroxylation is 1. The second-order valence-corrected chi connectivity index (χ2v) is 5.45. The van der Waals surface area contributed by atoms with Gasteiger partial charge in [-0.1, -0.05) is 0 Å². The van der Waals surface area contributed by atoms with Crippen molar-refractivity contribution in [1.29, 1.82) is 0 Å². The van der Waals surface area contributed by atoms with Crippen LogP contribution in [0.15, 0.2) is 17.3 Å². The van der Waals surface area contributed by atoms with E-state index < -0.39 is 9.84 Å². The van der Waals surface area contributed by atoms with E-state index in [1.54, 1.807) is 13.0 Å². The molecule has 0 fully saturated rings. The summed E-state index contributed by atoms with van der Waals surface area (Å²) in [5, 5.41) is 2.55. The topological polar surface area (TPSA) is 76.1 Å². The van der Waals surface area contributed by atoms with Gasteiger partial charge in [0.2, 0.25) is 5.91 Å². The van der Waals surface area contributed by atoms with Crippen LogP contribution in [0.3, 0.4) is 0 Å². The number of aromatic nitrogens is 1. The number of carbonyl (C=O) groups is 1. The summed E-state index contributed by atoms with van der Waals surface area (Å²) in [4.78, 5) is 15.1. The van der Waals surface area contributed by atoms with Crippen LogP contribution in [-0.4, -0.2) is 25.1 Å². The van der Waals surface area contributed by atoms with Gasteiger partial charge in [-0.2, -0.15) is 0 Å². The Kier molecular flexibility index (Phi) is 2.22. The highest BCUT2D eigenvalue weighted by Gasteiger charge is 2.27. The Morgan fingerprint density at radius 1 is 1.47 bits per heavy atom. The van der Waals surface area contributed by atoms with Crippen molar-refractivity contribution in [3.8, 4) is 0 Å². The lowest BCUT2D eigenvalue weighted by Gasteiger charge is -2.07. The van der Waals surface area contributed by atoms with E-state index in [4.69, 9.17) is 0 Å². The van der Waals surface area contributed by atoms with Gasteiger partial charge >= 0.3 is 0 Å². The fraction of sp³-hybridized carbons (Fsp3) is 0.333. The number of fused-ring (bicyclic) bond motifs is 1. The summed E-state index contributed by atoms with van der Waals surface area (Å²) in [6.45, 7) is 1.74. The number of hydrogen-bond donors (Lipinski definition) is 1. The molecule has 5 nitrogen and oxygen atoms in total. The second-order valence-electron chi connectivity index (χ2n) is 3.43. The lowest BCUT2D eigenvalue weighted by Crippen LogP contribution is -2.11. The molecule has 1 N–H and O–H groups in total. The molecule has 0 spiro atoms. The predicted molar refractivity (Wildman–Crippen MR) is 54.3 cm³/mol. The highest BCUT2D eigenvalue weighted by Crippen LogP contribution is 2.26. The molecule has 0 atom stereocenters. The number of rotatable bonds is 0. The van der Waals surface area contributed by atoms with Crippen molar-refractivity contribution >= 4 is 21.4 Å². The molecule has 6 heteroatoms. The molecule has 1 amide bonds. The zero-order valence-corrected chi connectivity index (χ0v) is 8.97. The van der Waals surface area contributed by atoms with Gasteiger partial charge in [-0.15, -0.1) is 0 Å². The first kappa shape index (κ1) is 10.1. The fourth-order valence-electron chi connectivity index (χ4n) is 1.45. The Bertz CT molecular complexity index is 522. The largest absolute Gasteiger partial charge is 0.323 e. The molecule has 2 heterocycles. The Morgan fingerprint density at radius 2 is 2.20 bits per heavy atom. The molecule has 1 aromatic heterocycles. The van der Waals surface area contributed by atoms with Crippen LogP contribution < -0.4 is 5.32 Å². The lowest BCUT2D eigenvalue weighted by atomic mass is 10.2. The van der Waals surface area contributed by atoms with Crippen LogP contribution >= 0.6 is 0 Å². The van der Waals surface area contributed by atoms with Crippen LogP contribution in [0, 0.1) is 6.92 Å². The van der Waals surface area contributed by atoms with Gasteiger partial charge in [0, 0.05) is 12.6 Å². The minimum atomic E-state index is -3.43. The minimum Gasteiger partial charge on any atom is -0.323 e. The summed E-state index contributed by atoms with van der Waals surface area (Å²) >= 11 is 0. The minimum absolute atomic E-state index is 0.0157. The molecule has 80 valence electrons. The molecule has 1 aliphatic heterocycles. The van der Waals surface area contributed by atoms with E-state index in [0.29, 0.717) is 11.3 Å². The van der Waals surface area contributed by atoms with Gasteiger partial charge in [-0.3, -0.25) is 4.79 Å². The smallest absolute Gasteiger partial charge is 0.225 e. The zero-order chi connectivity index (χ0) is 11.1. The maximum Gasteiger partial charge on any atom is 0.225 e. The Hall–Kier alpha value is -1.43. The third kappa shape index (κ3) is 1.72. The molecule has 0 aromatic carbocycles. The van der Waals surface area contributed by atoms with Gasteiger partial charge in [-0.25, -0.2) is 13.4 Å². The molecule has 1 aromatic rings. The summed E-state index contributed by atoms with van der Waals surface area (Å²) in [5.74, 6) is -0.462. The number of anilines is 1. The lowest BCUT2D eigenvalue weighted by molar-refractivity contribution is -0.115. The molecule has 0 saturated heterocycles. The maximum atomic E-state index is 11.7. The second kappa shape index (κ2) is 3.30. The van der Waals surface area contributed by atoms with Gasteiger partial charge in [0.25, 0.3) is 0 Å². The van der Waals surface area contributed by atoms with E-state index in [1.165, 1.54) is 6.20 Å². The number of sulfone groups is 1. The Morgan fingerprint density at radius 3 is 2.93 bits per heavy atom. The summed E-state index contributed by atoms with van der Waals surface area (Å²) < 4.78 is 23.5. The number of carbonyl (C=O) groups excluding carboxylic acids is 1. The molecule has 0 unspecified atom stereocenters. The van der Waals surface area contributed by atoms with Crippen molar-refractivity contribution in [2.45, 2.75) is 18.4 Å². The van der Waals surface area contributed by atoms with Crippen LogP contribution in [0.25, 0.3) is 0 Å². The first-order valence-electron chi connectivity index (χ1n) is 4.49. The highest BCUT2D eigenvalue weighted by molar-refractivity contribution is 7.91. The monoisotopic (exact) mass is 226 g/mol. The first-order valence-corrected chi connectivity index (χ1v) is 6.14. The molecule has 1 aliphatic rings. The van der Waals surface area contributed by atoms with Crippen molar-refractivity contribution in [3.05, 3.63) is 17.8 Å². The molecule has 0 saturated carbocycles. The maximum absolute atomic E-state index is 11.7. The fourth-order valence-corrected chi connectivity index (χ4v) is 2.84. The molecule has 2 rings (SSSR count). The first-order chi connectivity index (χ1) is 7.00. The number of pyridine rings is 1. The van der Waals surface area contributed by atoms with Gasteiger partial charge < -0.3 is 5.32 Å². The average Bonchev–Trinajstić information content (AvgIpc) is 2.28. The zero-order valence-electron chi connectivity index (χ0n) is 8.15.